The van der Waals surface area contributed by atoms with E-state index in [2.05, 4.69) is 15.9 Å². The number of aldehydes is 1. The van der Waals surface area contributed by atoms with Crippen molar-refractivity contribution in [2.45, 2.75) is 6.92 Å². The van der Waals surface area contributed by atoms with Gasteiger partial charge in [-0.05, 0) is 28.9 Å². The van der Waals surface area contributed by atoms with Gasteiger partial charge < -0.3 is 9.84 Å². The van der Waals surface area contributed by atoms with E-state index in [0.29, 0.717) is 22.9 Å². The maximum Gasteiger partial charge on any atom is 0.177 e. The molecule has 76 valence electrons. The fourth-order valence-electron chi connectivity index (χ4n) is 0.963. The number of aromatic hydroxyl groups is 1. The lowest BCUT2D eigenvalue weighted by molar-refractivity contribution is 0.112. The standard InChI is InChI=1S/C9H8BrClO3/c1-2-14-6-3-5(4-12)7(10)8(11)9(6)13/h3-4,13H,2H2,1H3. The van der Waals surface area contributed by atoms with Gasteiger partial charge >= 0.3 is 0 Å². The molecule has 0 atom stereocenters. The molecule has 1 aromatic carbocycles. The second kappa shape index (κ2) is 4.66. The Hall–Kier alpha value is -0.740. The molecule has 0 radical (unpaired) electrons. The van der Waals surface area contributed by atoms with Gasteiger partial charge in [-0.2, -0.15) is 0 Å². The summed E-state index contributed by atoms with van der Waals surface area (Å²) in [5, 5.41) is 9.61. The fraction of sp³-hybridized carbons (Fsp3) is 0.222. The number of rotatable bonds is 3. The first-order valence-corrected chi connectivity index (χ1v) is 5.07. The van der Waals surface area contributed by atoms with E-state index in [4.69, 9.17) is 16.3 Å². The number of phenols is 1. The number of hydrogen-bond donors (Lipinski definition) is 1. The largest absolute Gasteiger partial charge is 0.503 e. The Kier molecular flexibility index (Phi) is 3.77. The van der Waals surface area contributed by atoms with Crippen molar-refractivity contribution in [2.75, 3.05) is 6.61 Å². The molecule has 0 saturated heterocycles. The molecular formula is C9H8BrClO3. The molecule has 0 aliphatic heterocycles. The van der Waals surface area contributed by atoms with Crippen LogP contribution in [-0.2, 0) is 0 Å². The Morgan fingerprint density at radius 3 is 2.86 bits per heavy atom. The molecule has 1 N–H and O–H groups in total. The lowest BCUT2D eigenvalue weighted by Gasteiger charge is -2.09. The van der Waals surface area contributed by atoms with E-state index in [1.165, 1.54) is 6.07 Å². The predicted molar refractivity (Wildman–Crippen MR) is 57.4 cm³/mol. The summed E-state index contributed by atoms with van der Waals surface area (Å²) in [4.78, 5) is 10.6. The molecule has 1 rings (SSSR count). The molecule has 0 aromatic heterocycles. The van der Waals surface area contributed by atoms with E-state index >= 15 is 0 Å². The molecule has 0 heterocycles. The van der Waals surface area contributed by atoms with Crippen molar-refractivity contribution in [3.63, 3.8) is 0 Å². The van der Waals surface area contributed by atoms with Crippen LogP contribution in [0.2, 0.25) is 5.02 Å². The second-order valence-electron chi connectivity index (χ2n) is 2.49. The van der Waals surface area contributed by atoms with E-state index in [1.54, 1.807) is 6.92 Å². The van der Waals surface area contributed by atoms with Crippen LogP contribution in [-0.4, -0.2) is 18.0 Å². The summed E-state index contributed by atoms with van der Waals surface area (Å²) in [5.74, 6) is 0.0498. The summed E-state index contributed by atoms with van der Waals surface area (Å²) in [6, 6.07) is 1.43. The first-order chi connectivity index (χ1) is 6.61. The quantitative estimate of drug-likeness (QED) is 0.865. The van der Waals surface area contributed by atoms with Gasteiger partial charge in [-0.3, -0.25) is 4.79 Å². The summed E-state index contributed by atoms with van der Waals surface area (Å²) in [6.07, 6.45) is 0.637. The minimum atomic E-state index is -0.161. The number of ether oxygens (including phenoxy) is 1. The third-order valence-corrected chi connectivity index (χ3v) is 3.05. The number of phenolic OH excluding ortho intramolecular Hbond substituents is 1. The highest BCUT2D eigenvalue weighted by molar-refractivity contribution is 9.10. The molecule has 1 aromatic rings. The van der Waals surface area contributed by atoms with Gasteiger partial charge in [0, 0.05) is 5.56 Å². The third kappa shape index (κ3) is 2.01. The second-order valence-corrected chi connectivity index (χ2v) is 3.66. The van der Waals surface area contributed by atoms with Crippen LogP contribution in [0.3, 0.4) is 0 Å². The van der Waals surface area contributed by atoms with Crippen LogP contribution in [0.25, 0.3) is 0 Å². The minimum Gasteiger partial charge on any atom is -0.503 e. The highest BCUT2D eigenvalue weighted by atomic mass is 79.9. The lowest BCUT2D eigenvalue weighted by Crippen LogP contribution is -1.94. The van der Waals surface area contributed by atoms with E-state index in [1.807, 2.05) is 0 Å². The van der Waals surface area contributed by atoms with Crippen molar-refractivity contribution in [1.29, 1.82) is 0 Å². The first-order valence-electron chi connectivity index (χ1n) is 3.90. The zero-order valence-corrected chi connectivity index (χ0v) is 9.72. The predicted octanol–water partition coefficient (Wildman–Crippen LogP) is 3.02. The molecule has 0 spiro atoms. The molecule has 5 heteroatoms. The van der Waals surface area contributed by atoms with Crippen LogP contribution in [0.1, 0.15) is 17.3 Å². The highest BCUT2D eigenvalue weighted by Gasteiger charge is 2.14. The Bertz CT molecular complexity index is 366. The van der Waals surface area contributed by atoms with E-state index in [9.17, 15) is 9.90 Å². The van der Waals surface area contributed by atoms with Crippen molar-refractivity contribution in [1.82, 2.24) is 0 Å². The molecule has 0 fully saturated rings. The minimum absolute atomic E-state index is 0.0815. The van der Waals surface area contributed by atoms with Gasteiger partial charge in [0.2, 0.25) is 0 Å². The van der Waals surface area contributed by atoms with Crippen LogP contribution >= 0.6 is 27.5 Å². The van der Waals surface area contributed by atoms with Gasteiger partial charge in [0.25, 0.3) is 0 Å². The molecule has 3 nitrogen and oxygen atoms in total. The normalized spacial score (nSPS) is 9.93. The average molecular weight is 280 g/mol. The topological polar surface area (TPSA) is 46.5 Å². The van der Waals surface area contributed by atoms with Crippen molar-refractivity contribution in [3.8, 4) is 11.5 Å². The number of carbonyl (C=O) groups is 1. The Morgan fingerprint density at radius 2 is 2.36 bits per heavy atom. The smallest absolute Gasteiger partial charge is 0.177 e. The van der Waals surface area contributed by atoms with Crippen molar-refractivity contribution in [2.24, 2.45) is 0 Å². The fourth-order valence-corrected chi connectivity index (χ4v) is 1.56. The first kappa shape index (κ1) is 11.3. The van der Waals surface area contributed by atoms with Crippen LogP contribution in [0.5, 0.6) is 11.5 Å². The molecule has 14 heavy (non-hydrogen) atoms. The lowest BCUT2D eigenvalue weighted by atomic mass is 10.2. The maximum atomic E-state index is 10.6. The van der Waals surface area contributed by atoms with Gasteiger partial charge in [0.1, 0.15) is 5.02 Å². The molecule has 0 amide bonds. The van der Waals surface area contributed by atoms with Gasteiger partial charge in [0.15, 0.2) is 17.8 Å². The van der Waals surface area contributed by atoms with Crippen LogP contribution in [0.4, 0.5) is 0 Å². The maximum absolute atomic E-state index is 10.6. The van der Waals surface area contributed by atoms with Gasteiger partial charge in [-0.15, -0.1) is 0 Å². The molecule has 0 bridgehead atoms. The number of halogens is 2. The molecule has 0 unspecified atom stereocenters. The number of hydrogen-bond acceptors (Lipinski definition) is 3. The monoisotopic (exact) mass is 278 g/mol. The summed E-state index contributed by atoms with van der Waals surface area (Å²) in [5.41, 5.74) is 0.344. The van der Waals surface area contributed by atoms with Gasteiger partial charge in [-0.1, -0.05) is 11.6 Å². The zero-order valence-electron chi connectivity index (χ0n) is 7.38. The van der Waals surface area contributed by atoms with Crippen LogP contribution in [0, 0.1) is 0 Å². The van der Waals surface area contributed by atoms with Gasteiger partial charge in [-0.25, -0.2) is 0 Å². The zero-order chi connectivity index (χ0) is 10.7. The Balaban J connectivity index is 3.32. The van der Waals surface area contributed by atoms with Crippen molar-refractivity contribution in [3.05, 3.63) is 21.1 Å². The highest BCUT2D eigenvalue weighted by Crippen LogP contribution is 2.40. The summed E-state index contributed by atoms with van der Waals surface area (Å²) >= 11 is 8.86. The van der Waals surface area contributed by atoms with Crippen LogP contribution < -0.4 is 4.74 Å². The molecular weight excluding hydrogens is 271 g/mol. The van der Waals surface area contributed by atoms with E-state index < -0.39 is 0 Å². The van der Waals surface area contributed by atoms with Crippen molar-refractivity contribution >= 4 is 33.8 Å². The van der Waals surface area contributed by atoms with Gasteiger partial charge in [0.05, 0.1) is 11.1 Å². The number of carbonyl (C=O) groups excluding carboxylic acids is 1. The van der Waals surface area contributed by atoms with E-state index in [-0.39, 0.29) is 16.5 Å². The number of benzene rings is 1. The van der Waals surface area contributed by atoms with Crippen molar-refractivity contribution < 1.29 is 14.6 Å². The Morgan fingerprint density at radius 1 is 1.71 bits per heavy atom. The Labute approximate surface area is 94.8 Å². The SMILES string of the molecule is CCOc1cc(C=O)c(Br)c(Cl)c1O. The van der Waals surface area contributed by atoms with E-state index in [0.717, 1.165) is 0 Å². The summed E-state index contributed by atoms with van der Waals surface area (Å²) < 4.78 is 5.47. The average Bonchev–Trinajstić information content (AvgIpc) is 2.19. The summed E-state index contributed by atoms with van der Waals surface area (Å²) in [7, 11) is 0. The summed E-state index contributed by atoms with van der Waals surface area (Å²) in [6.45, 7) is 2.17. The molecule has 0 saturated carbocycles. The van der Waals surface area contributed by atoms with Crippen LogP contribution in [0.15, 0.2) is 10.5 Å². The molecule has 0 aliphatic carbocycles. The third-order valence-electron chi connectivity index (χ3n) is 1.60. The molecule has 0 aliphatic rings.